The van der Waals surface area contributed by atoms with E-state index in [0.29, 0.717) is 11.9 Å². The molecular weight excluding hydrogens is 178 g/mol. The first-order chi connectivity index (χ1) is 6.68. The van der Waals surface area contributed by atoms with Gasteiger partial charge in [-0.3, -0.25) is 4.79 Å². The van der Waals surface area contributed by atoms with Crippen LogP contribution in [0.2, 0.25) is 0 Å². The lowest BCUT2D eigenvalue weighted by atomic mass is 10.1. The molecule has 4 heteroatoms. The van der Waals surface area contributed by atoms with Crippen LogP contribution in [-0.2, 0) is 4.79 Å². The number of rotatable bonds is 2. The number of nitrogens with one attached hydrogen (secondary N) is 1. The summed E-state index contributed by atoms with van der Waals surface area (Å²) in [5.74, 6) is 0.306. The molecule has 0 bridgehead atoms. The Labute approximate surface area is 85.2 Å². The first kappa shape index (κ1) is 9.93. The number of amides is 1. The van der Waals surface area contributed by atoms with Gasteiger partial charge in [-0.2, -0.15) is 0 Å². The number of carbonyl (C=O) groups excluding carboxylic acids is 1. The van der Waals surface area contributed by atoms with E-state index in [1.807, 2.05) is 4.90 Å². The van der Waals surface area contributed by atoms with E-state index in [1.54, 1.807) is 0 Å². The zero-order valence-electron chi connectivity index (χ0n) is 8.99. The molecule has 2 rings (SSSR count). The van der Waals surface area contributed by atoms with Crippen molar-refractivity contribution in [1.29, 1.82) is 0 Å². The first-order valence-electron chi connectivity index (χ1n) is 5.37. The highest BCUT2D eigenvalue weighted by Gasteiger charge is 2.35. The number of hydrogen-bond donors (Lipinski definition) is 1. The average molecular weight is 197 g/mol. The van der Waals surface area contributed by atoms with Gasteiger partial charge in [-0.15, -0.1) is 0 Å². The van der Waals surface area contributed by atoms with Crippen molar-refractivity contribution in [3.8, 4) is 0 Å². The molecule has 0 saturated carbocycles. The SMILES string of the molecule is CN(C)C1CN(C(=O)[C@H]2CCCN2)C1. The van der Waals surface area contributed by atoms with Gasteiger partial charge in [0.1, 0.15) is 0 Å². The van der Waals surface area contributed by atoms with Crippen molar-refractivity contribution in [3.63, 3.8) is 0 Å². The molecule has 1 amide bonds. The maximum Gasteiger partial charge on any atom is 0.239 e. The molecule has 14 heavy (non-hydrogen) atoms. The van der Waals surface area contributed by atoms with E-state index in [1.165, 1.54) is 0 Å². The molecule has 0 aromatic rings. The zero-order chi connectivity index (χ0) is 10.1. The van der Waals surface area contributed by atoms with E-state index < -0.39 is 0 Å². The van der Waals surface area contributed by atoms with E-state index >= 15 is 0 Å². The third-order valence-corrected chi connectivity index (χ3v) is 3.26. The number of carbonyl (C=O) groups is 1. The second kappa shape index (κ2) is 3.87. The highest BCUT2D eigenvalue weighted by Crippen LogP contribution is 2.16. The van der Waals surface area contributed by atoms with Crippen molar-refractivity contribution >= 4 is 5.91 Å². The molecule has 0 aliphatic carbocycles. The predicted molar refractivity (Wildman–Crippen MR) is 55.1 cm³/mol. The van der Waals surface area contributed by atoms with Gasteiger partial charge in [-0.25, -0.2) is 0 Å². The van der Waals surface area contributed by atoms with Crippen LogP contribution >= 0.6 is 0 Å². The average Bonchev–Trinajstić information content (AvgIpc) is 2.51. The molecule has 0 aromatic heterocycles. The monoisotopic (exact) mass is 197 g/mol. The lowest BCUT2D eigenvalue weighted by Crippen LogP contribution is -2.62. The van der Waals surface area contributed by atoms with Gasteiger partial charge >= 0.3 is 0 Å². The summed E-state index contributed by atoms with van der Waals surface area (Å²) in [5, 5.41) is 3.24. The predicted octanol–water partition coefficient (Wildman–Crippen LogP) is -0.489. The molecular formula is C10H19N3O. The van der Waals surface area contributed by atoms with Crippen LogP contribution in [0.1, 0.15) is 12.8 Å². The second-order valence-electron chi connectivity index (χ2n) is 4.51. The van der Waals surface area contributed by atoms with Crippen molar-refractivity contribution in [3.05, 3.63) is 0 Å². The van der Waals surface area contributed by atoms with E-state index in [-0.39, 0.29) is 6.04 Å². The fourth-order valence-corrected chi connectivity index (χ4v) is 2.08. The molecule has 0 spiro atoms. The van der Waals surface area contributed by atoms with Crippen molar-refractivity contribution in [1.82, 2.24) is 15.1 Å². The molecule has 80 valence electrons. The van der Waals surface area contributed by atoms with Crippen LogP contribution in [-0.4, -0.2) is 61.5 Å². The maximum absolute atomic E-state index is 11.8. The molecule has 2 fully saturated rings. The van der Waals surface area contributed by atoms with Gasteiger partial charge < -0.3 is 15.1 Å². The lowest BCUT2D eigenvalue weighted by molar-refractivity contribution is -0.139. The highest BCUT2D eigenvalue weighted by molar-refractivity contribution is 5.83. The van der Waals surface area contributed by atoms with Gasteiger partial charge in [0.2, 0.25) is 5.91 Å². The van der Waals surface area contributed by atoms with Gasteiger partial charge in [0, 0.05) is 19.1 Å². The fraction of sp³-hybridized carbons (Fsp3) is 0.900. The Morgan fingerprint density at radius 2 is 2.14 bits per heavy atom. The third-order valence-electron chi connectivity index (χ3n) is 3.26. The first-order valence-corrected chi connectivity index (χ1v) is 5.37. The minimum absolute atomic E-state index is 0.109. The topological polar surface area (TPSA) is 35.6 Å². The molecule has 1 atom stereocenters. The Morgan fingerprint density at radius 1 is 1.43 bits per heavy atom. The molecule has 2 aliphatic rings. The van der Waals surface area contributed by atoms with Crippen molar-refractivity contribution < 1.29 is 4.79 Å². The molecule has 2 aliphatic heterocycles. The van der Waals surface area contributed by atoms with E-state index in [0.717, 1.165) is 32.5 Å². The molecule has 4 nitrogen and oxygen atoms in total. The number of nitrogens with zero attached hydrogens (tertiary/aromatic N) is 2. The summed E-state index contributed by atoms with van der Waals surface area (Å²) in [4.78, 5) is 16.0. The lowest BCUT2D eigenvalue weighted by Gasteiger charge is -2.43. The van der Waals surface area contributed by atoms with Crippen molar-refractivity contribution in [2.75, 3.05) is 33.7 Å². The third kappa shape index (κ3) is 1.77. The van der Waals surface area contributed by atoms with Gasteiger partial charge in [0.25, 0.3) is 0 Å². The highest BCUT2D eigenvalue weighted by atomic mass is 16.2. The quantitative estimate of drug-likeness (QED) is 0.649. The minimum Gasteiger partial charge on any atom is -0.338 e. The van der Waals surface area contributed by atoms with Gasteiger partial charge in [0.15, 0.2) is 0 Å². The summed E-state index contributed by atoms with van der Waals surface area (Å²) in [6.45, 7) is 2.81. The Bertz CT molecular complexity index is 217. The van der Waals surface area contributed by atoms with Crippen molar-refractivity contribution in [2.45, 2.75) is 24.9 Å². The molecule has 0 aromatic carbocycles. The smallest absolute Gasteiger partial charge is 0.239 e. The van der Waals surface area contributed by atoms with Crippen LogP contribution in [0, 0.1) is 0 Å². The largest absolute Gasteiger partial charge is 0.338 e. The van der Waals surface area contributed by atoms with Gasteiger partial charge in [-0.05, 0) is 33.5 Å². The Kier molecular flexibility index (Phi) is 2.74. The van der Waals surface area contributed by atoms with Gasteiger partial charge in [0.05, 0.1) is 6.04 Å². The van der Waals surface area contributed by atoms with Crippen molar-refractivity contribution in [2.24, 2.45) is 0 Å². The molecule has 0 radical (unpaired) electrons. The zero-order valence-corrected chi connectivity index (χ0v) is 8.99. The number of hydrogen-bond acceptors (Lipinski definition) is 3. The van der Waals surface area contributed by atoms with Gasteiger partial charge in [-0.1, -0.05) is 0 Å². The summed E-state index contributed by atoms with van der Waals surface area (Å²) < 4.78 is 0. The summed E-state index contributed by atoms with van der Waals surface area (Å²) in [6, 6.07) is 0.679. The van der Waals surface area contributed by atoms with E-state index in [2.05, 4.69) is 24.3 Å². The normalized spacial score (nSPS) is 28.2. The molecule has 1 N–H and O–H groups in total. The Morgan fingerprint density at radius 3 is 2.64 bits per heavy atom. The number of likely N-dealkylation sites (tertiary alicyclic amines) is 1. The molecule has 0 unspecified atom stereocenters. The number of likely N-dealkylation sites (N-methyl/N-ethyl adjacent to an activating group) is 1. The van der Waals surface area contributed by atoms with Crippen LogP contribution < -0.4 is 5.32 Å². The van der Waals surface area contributed by atoms with Crippen LogP contribution in [0.4, 0.5) is 0 Å². The minimum atomic E-state index is 0.109. The Hall–Kier alpha value is -0.610. The van der Waals surface area contributed by atoms with E-state index in [9.17, 15) is 4.79 Å². The summed E-state index contributed by atoms with van der Waals surface area (Å²) >= 11 is 0. The Balaban J connectivity index is 1.78. The summed E-state index contributed by atoms with van der Waals surface area (Å²) in [5.41, 5.74) is 0. The fourth-order valence-electron chi connectivity index (χ4n) is 2.08. The molecule has 2 heterocycles. The van der Waals surface area contributed by atoms with Crippen LogP contribution in [0.3, 0.4) is 0 Å². The summed E-state index contributed by atoms with van der Waals surface area (Å²) in [7, 11) is 4.14. The second-order valence-corrected chi connectivity index (χ2v) is 4.51. The maximum atomic E-state index is 11.8. The van der Waals surface area contributed by atoms with Crippen LogP contribution in [0.25, 0.3) is 0 Å². The molecule has 2 saturated heterocycles. The van der Waals surface area contributed by atoms with E-state index in [4.69, 9.17) is 0 Å². The van der Waals surface area contributed by atoms with Crippen LogP contribution in [0.5, 0.6) is 0 Å². The van der Waals surface area contributed by atoms with Crippen LogP contribution in [0.15, 0.2) is 0 Å². The summed E-state index contributed by atoms with van der Waals surface area (Å²) in [6.07, 6.45) is 2.16. The standard InChI is InChI=1S/C10H19N3O/c1-12(2)8-6-13(7-8)10(14)9-4-3-5-11-9/h8-9,11H,3-7H2,1-2H3/t9-/m1/s1.